The molecule has 4 aliphatic carbocycles. The SMILES string of the molecule is CC(=O)O[C@@H]1C[C@]23COC[C@@](C)([C@@H]2CC[C@H]2C3=CC[C@@]3(C)[C@H](C(=O)O)[C@@](C)([C@H](C)C(C)C)CC[C@]23C)[C@H]1OCCNC(=N)NC(C)(C)C. The van der Waals surface area contributed by atoms with Gasteiger partial charge in [-0.15, -0.1) is 0 Å². The van der Waals surface area contributed by atoms with Crippen molar-refractivity contribution in [3.8, 4) is 0 Å². The summed E-state index contributed by atoms with van der Waals surface area (Å²) in [5.74, 6) is 0.111. The number of esters is 1. The van der Waals surface area contributed by atoms with Crippen molar-refractivity contribution in [2.45, 2.75) is 132 Å². The molecule has 0 aromatic rings. The van der Waals surface area contributed by atoms with Gasteiger partial charge in [0.25, 0.3) is 0 Å². The molecule has 5 aliphatic rings. The Morgan fingerprint density at radius 2 is 1.77 bits per heavy atom. The van der Waals surface area contributed by atoms with Gasteiger partial charge in [0, 0.05) is 29.8 Å². The zero-order chi connectivity index (χ0) is 35.7. The second kappa shape index (κ2) is 12.6. The Kier molecular flexibility index (Phi) is 9.73. The van der Waals surface area contributed by atoms with E-state index in [2.05, 4.69) is 65.2 Å². The van der Waals surface area contributed by atoms with Gasteiger partial charge in [0.1, 0.15) is 12.2 Å². The van der Waals surface area contributed by atoms with Crippen molar-refractivity contribution in [2.24, 2.45) is 56.7 Å². The monoisotopic (exact) mass is 671 g/mol. The molecule has 9 heteroatoms. The van der Waals surface area contributed by atoms with Crippen LogP contribution in [0.1, 0.15) is 115 Å². The fourth-order valence-corrected chi connectivity index (χ4v) is 12.0. The maximum atomic E-state index is 13.4. The molecule has 0 amide bonds. The van der Waals surface area contributed by atoms with Crippen molar-refractivity contribution >= 4 is 17.9 Å². The fraction of sp³-hybridized carbons (Fsp3) is 0.872. The van der Waals surface area contributed by atoms with Crippen LogP contribution in [0.25, 0.3) is 0 Å². The van der Waals surface area contributed by atoms with Gasteiger partial charge < -0.3 is 30.0 Å². The van der Waals surface area contributed by atoms with Gasteiger partial charge in [-0.1, -0.05) is 60.1 Å². The molecule has 5 rings (SSSR count). The first-order valence-corrected chi connectivity index (χ1v) is 18.6. The summed E-state index contributed by atoms with van der Waals surface area (Å²) in [5, 5.41) is 25.5. The number of fused-ring (bicyclic) bond motifs is 3. The number of hydrogen-bond donors (Lipinski definition) is 4. The predicted octanol–water partition coefficient (Wildman–Crippen LogP) is 6.80. The Balaban J connectivity index is 1.47. The normalized spacial score (nSPS) is 42.8. The quantitative estimate of drug-likeness (QED) is 0.0729. The molecular weight excluding hydrogens is 606 g/mol. The highest BCUT2D eigenvalue weighted by atomic mass is 16.6. The largest absolute Gasteiger partial charge is 0.481 e. The molecule has 0 unspecified atom stereocenters. The Hall–Kier alpha value is -2.13. The van der Waals surface area contributed by atoms with E-state index in [9.17, 15) is 14.7 Å². The molecule has 272 valence electrons. The molecule has 11 atom stereocenters. The maximum Gasteiger partial charge on any atom is 0.307 e. The summed E-state index contributed by atoms with van der Waals surface area (Å²) in [6.45, 7) is 25.4. The molecule has 0 aromatic heterocycles. The molecule has 1 saturated heterocycles. The minimum Gasteiger partial charge on any atom is -0.481 e. The fourth-order valence-electron chi connectivity index (χ4n) is 12.0. The van der Waals surface area contributed by atoms with Gasteiger partial charge in [-0.25, -0.2) is 0 Å². The average Bonchev–Trinajstić information content (AvgIpc) is 2.95. The topological polar surface area (TPSA) is 130 Å². The van der Waals surface area contributed by atoms with Gasteiger partial charge >= 0.3 is 11.9 Å². The number of carbonyl (C=O) groups excluding carboxylic acids is 1. The van der Waals surface area contributed by atoms with Crippen LogP contribution >= 0.6 is 0 Å². The zero-order valence-corrected chi connectivity index (χ0v) is 31.7. The van der Waals surface area contributed by atoms with Crippen LogP contribution in [0.15, 0.2) is 11.6 Å². The number of carbonyl (C=O) groups is 2. The molecule has 4 fully saturated rings. The van der Waals surface area contributed by atoms with E-state index >= 15 is 0 Å². The van der Waals surface area contributed by atoms with Gasteiger partial charge in [0.05, 0.1) is 25.7 Å². The van der Waals surface area contributed by atoms with Crippen LogP contribution in [0.2, 0.25) is 0 Å². The highest BCUT2D eigenvalue weighted by Gasteiger charge is 2.72. The summed E-state index contributed by atoms with van der Waals surface area (Å²) >= 11 is 0. The van der Waals surface area contributed by atoms with E-state index in [0.29, 0.717) is 50.5 Å². The summed E-state index contributed by atoms with van der Waals surface area (Å²) in [7, 11) is 0. The molecule has 0 radical (unpaired) electrons. The zero-order valence-electron chi connectivity index (χ0n) is 31.7. The minimum atomic E-state index is -0.651. The lowest BCUT2D eigenvalue weighted by molar-refractivity contribution is -0.266. The lowest BCUT2D eigenvalue weighted by atomic mass is 9.34. The molecule has 3 saturated carbocycles. The summed E-state index contributed by atoms with van der Waals surface area (Å²) in [6.07, 6.45) is 6.99. The Labute approximate surface area is 289 Å². The second-order valence-electron chi connectivity index (χ2n) is 18.7. The number of carboxylic acid groups (broad SMARTS) is 1. The van der Waals surface area contributed by atoms with Crippen molar-refractivity contribution in [2.75, 3.05) is 26.4 Å². The van der Waals surface area contributed by atoms with Crippen LogP contribution in [0.5, 0.6) is 0 Å². The smallest absolute Gasteiger partial charge is 0.307 e. The van der Waals surface area contributed by atoms with Crippen molar-refractivity contribution < 1.29 is 28.9 Å². The average molecular weight is 672 g/mol. The van der Waals surface area contributed by atoms with Gasteiger partial charge in [0.2, 0.25) is 0 Å². The van der Waals surface area contributed by atoms with E-state index in [1.54, 1.807) is 0 Å². The summed E-state index contributed by atoms with van der Waals surface area (Å²) in [6, 6.07) is 0. The predicted molar refractivity (Wildman–Crippen MR) is 187 cm³/mol. The van der Waals surface area contributed by atoms with Crippen LogP contribution in [0.3, 0.4) is 0 Å². The van der Waals surface area contributed by atoms with Crippen molar-refractivity contribution in [3.05, 3.63) is 11.6 Å². The number of ether oxygens (including phenoxy) is 3. The molecule has 9 nitrogen and oxygen atoms in total. The molecule has 48 heavy (non-hydrogen) atoms. The molecule has 4 N–H and O–H groups in total. The van der Waals surface area contributed by atoms with Gasteiger partial charge in [-0.2, -0.15) is 0 Å². The Bertz CT molecular complexity index is 1310. The van der Waals surface area contributed by atoms with Crippen molar-refractivity contribution in [3.63, 3.8) is 0 Å². The molecule has 0 aromatic carbocycles. The number of guanidine groups is 1. The molecule has 1 heterocycles. The van der Waals surface area contributed by atoms with Gasteiger partial charge in [-0.3, -0.25) is 15.0 Å². The molecule has 2 bridgehead atoms. The molecule has 0 spiro atoms. The second-order valence-corrected chi connectivity index (χ2v) is 18.7. The van der Waals surface area contributed by atoms with Crippen LogP contribution < -0.4 is 10.6 Å². The lowest BCUT2D eigenvalue weighted by Crippen LogP contribution is -2.70. The highest BCUT2D eigenvalue weighted by Crippen LogP contribution is 2.75. The van der Waals surface area contributed by atoms with Gasteiger partial charge in [-0.05, 0) is 99.2 Å². The number of nitrogens with one attached hydrogen (secondary N) is 3. The van der Waals surface area contributed by atoms with E-state index in [4.69, 9.17) is 19.6 Å². The van der Waals surface area contributed by atoms with Crippen LogP contribution in [0.4, 0.5) is 0 Å². The third kappa shape index (κ3) is 5.80. The first-order chi connectivity index (χ1) is 22.2. The third-order valence-electron chi connectivity index (χ3n) is 14.6. The minimum absolute atomic E-state index is 0.175. The van der Waals surface area contributed by atoms with Gasteiger partial charge in [0.15, 0.2) is 5.96 Å². The van der Waals surface area contributed by atoms with Crippen molar-refractivity contribution in [1.29, 1.82) is 5.41 Å². The Morgan fingerprint density at radius 1 is 1.08 bits per heavy atom. The number of allylic oxidation sites excluding steroid dienone is 1. The number of rotatable bonds is 8. The summed E-state index contributed by atoms with van der Waals surface area (Å²) < 4.78 is 19.4. The van der Waals surface area contributed by atoms with E-state index in [0.717, 1.165) is 32.1 Å². The first-order valence-electron chi connectivity index (χ1n) is 18.6. The van der Waals surface area contributed by atoms with Crippen LogP contribution in [0, 0.1) is 62.1 Å². The summed E-state index contributed by atoms with van der Waals surface area (Å²) in [4.78, 5) is 26.0. The summed E-state index contributed by atoms with van der Waals surface area (Å²) in [5.41, 5.74) is -0.300. The van der Waals surface area contributed by atoms with E-state index in [1.165, 1.54) is 12.5 Å². The molecule has 1 aliphatic heterocycles. The number of carboxylic acids is 1. The first kappa shape index (κ1) is 37.1. The Morgan fingerprint density at radius 3 is 2.38 bits per heavy atom. The molecular formula is C39H65N3O6. The number of hydrogen-bond acceptors (Lipinski definition) is 6. The third-order valence-corrected chi connectivity index (χ3v) is 14.6. The van der Waals surface area contributed by atoms with E-state index in [1.807, 2.05) is 20.8 Å². The maximum absolute atomic E-state index is 13.4. The van der Waals surface area contributed by atoms with E-state index < -0.39 is 18.0 Å². The van der Waals surface area contributed by atoms with Crippen LogP contribution in [-0.2, 0) is 23.8 Å². The standard InChI is InChI=1S/C39H65N3O6/c1-23(2)24(3)35(8)16-17-37(10)26-12-13-29-36(9)21-46-22-39(29,27(26)14-15-38(37,11)30(35)32(44)45)20-28(48-25(4)43)31(36)47-19-18-41-33(40)42-34(5,6)7/h14,23-24,26,28-31H,12-13,15-22H2,1-11H3,(H,44,45)(H3,40,41,42)/t24-,26+,28-,29+,30-,31+,35-,36+,37-,38+,39-/m1/s1. The van der Waals surface area contributed by atoms with Crippen LogP contribution in [-0.4, -0.2) is 67.1 Å². The van der Waals surface area contributed by atoms with E-state index in [-0.39, 0.29) is 56.6 Å². The highest BCUT2D eigenvalue weighted by molar-refractivity contribution is 5.77. The lowest BCUT2D eigenvalue weighted by Gasteiger charge is -2.71. The van der Waals surface area contributed by atoms with Crippen molar-refractivity contribution in [1.82, 2.24) is 10.6 Å². The number of aliphatic carboxylic acids is 1.